The van der Waals surface area contributed by atoms with E-state index < -0.39 is 22.1 Å². The number of nitrogens with one attached hydrogen (secondary N) is 2. The number of aromatic amines is 1. The summed E-state index contributed by atoms with van der Waals surface area (Å²) >= 11 is 0. The Morgan fingerprint density at radius 1 is 1.26 bits per heavy atom. The van der Waals surface area contributed by atoms with Gasteiger partial charge in [-0.05, 0) is 45.1 Å². The van der Waals surface area contributed by atoms with Gasteiger partial charge in [0.15, 0.2) is 0 Å². The van der Waals surface area contributed by atoms with Crippen LogP contribution in [0.25, 0.3) is 0 Å². The van der Waals surface area contributed by atoms with E-state index in [2.05, 4.69) is 20.0 Å². The minimum absolute atomic E-state index is 0.138. The Morgan fingerprint density at radius 2 is 2.04 bits per heavy atom. The lowest BCUT2D eigenvalue weighted by Gasteiger charge is -2.22. The molecule has 2 atom stereocenters. The molecule has 0 aromatic carbocycles. The summed E-state index contributed by atoms with van der Waals surface area (Å²) < 4.78 is 35.3. The summed E-state index contributed by atoms with van der Waals surface area (Å²) in [5.74, 6) is 0. The molecule has 0 spiro atoms. The van der Waals surface area contributed by atoms with E-state index in [0.717, 1.165) is 36.9 Å². The van der Waals surface area contributed by atoms with Crippen LogP contribution in [0.5, 0.6) is 0 Å². The predicted molar refractivity (Wildman–Crippen MR) is 97.2 cm³/mol. The highest BCUT2D eigenvalue weighted by atomic mass is 32.2. The first-order valence-corrected chi connectivity index (χ1v) is 10.6. The molecule has 1 aliphatic heterocycles. The van der Waals surface area contributed by atoms with E-state index in [0.29, 0.717) is 11.4 Å². The highest BCUT2D eigenvalue weighted by molar-refractivity contribution is 7.89. The van der Waals surface area contributed by atoms with Crippen LogP contribution in [0.2, 0.25) is 0 Å². The third kappa shape index (κ3) is 3.32. The van der Waals surface area contributed by atoms with Crippen molar-refractivity contribution in [2.75, 3.05) is 13.2 Å². The number of hydrogen-bond donors (Lipinski definition) is 2. The van der Waals surface area contributed by atoms with Crippen LogP contribution >= 0.6 is 0 Å². The maximum atomic E-state index is 12.9. The molecule has 2 aromatic heterocycles. The maximum absolute atomic E-state index is 12.9. The molecule has 2 aromatic rings. The van der Waals surface area contributed by atoms with Gasteiger partial charge in [-0.25, -0.2) is 17.8 Å². The van der Waals surface area contributed by atoms with Crippen LogP contribution in [-0.4, -0.2) is 47.7 Å². The van der Waals surface area contributed by atoms with Gasteiger partial charge in [0.05, 0.1) is 42.4 Å². The maximum Gasteiger partial charge on any atom is 0.267 e. The number of nitrogens with zero attached hydrogens (tertiary/aromatic N) is 3. The van der Waals surface area contributed by atoms with E-state index in [1.807, 2.05) is 0 Å². The number of ether oxygens (including phenoxy) is 1. The van der Waals surface area contributed by atoms with Gasteiger partial charge in [-0.15, -0.1) is 0 Å². The van der Waals surface area contributed by atoms with Gasteiger partial charge in [-0.3, -0.25) is 9.89 Å². The van der Waals surface area contributed by atoms with Gasteiger partial charge in [-0.2, -0.15) is 10.2 Å². The van der Waals surface area contributed by atoms with E-state index >= 15 is 0 Å². The van der Waals surface area contributed by atoms with Crippen LogP contribution in [0.1, 0.15) is 41.5 Å². The Labute approximate surface area is 157 Å². The van der Waals surface area contributed by atoms with Gasteiger partial charge in [0, 0.05) is 6.07 Å². The van der Waals surface area contributed by atoms with Crippen LogP contribution in [0.3, 0.4) is 0 Å². The van der Waals surface area contributed by atoms with E-state index in [-0.39, 0.29) is 23.7 Å². The lowest BCUT2D eigenvalue weighted by Crippen LogP contribution is -2.44. The largest absolute Gasteiger partial charge is 0.377 e. The lowest BCUT2D eigenvalue weighted by atomic mass is 9.97. The fourth-order valence-electron chi connectivity index (χ4n) is 3.91. The number of H-pyrrole nitrogens is 1. The van der Waals surface area contributed by atoms with Gasteiger partial charge < -0.3 is 4.74 Å². The van der Waals surface area contributed by atoms with E-state index in [1.165, 1.54) is 4.68 Å². The number of hydrogen-bond acceptors (Lipinski definition) is 6. The van der Waals surface area contributed by atoms with Crippen molar-refractivity contribution in [3.63, 3.8) is 0 Å². The van der Waals surface area contributed by atoms with Gasteiger partial charge in [-0.1, -0.05) is 0 Å². The van der Waals surface area contributed by atoms with E-state index in [1.54, 1.807) is 19.9 Å². The molecule has 1 saturated heterocycles. The molecule has 0 amide bonds. The smallest absolute Gasteiger partial charge is 0.267 e. The first kappa shape index (κ1) is 18.3. The molecule has 27 heavy (non-hydrogen) atoms. The van der Waals surface area contributed by atoms with Gasteiger partial charge in [0.2, 0.25) is 10.0 Å². The minimum atomic E-state index is -3.80. The molecule has 2 aliphatic rings. The van der Waals surface area contributed by atoms with Crippen molar-refractivity contribution < 1.29 is 13.2 Å². The molecule has 3 heterocycles. The zero-order valence-corrected chi connectivity index (χ0v) is 16.2. The van der Waals surface area contributed by atoms with Crippen molar-refractivity contribution in [1.82, 2.24) is 24.7 Å². The topological polar surface area (TPSA) is 119 Å². The Bertz CT molecular complexity index is 1010. The molecular formula is C17H23N5O4S. The second kappa shape index (κ2) is 6.84. The summed E-state index contributed by atoms with van der Waals surface area (Å²) in [5, 5.41) is 11.2. The summed E-state index contributed by atoms with van der Waals surface area (Å²) in [4.78, 5) is 12.7. The molecule has 0 radical (unpaired) electrons. The Balaban J connectivity index is 1.65. The lowest BCUT2D eigenvalue weighted by molar-refractivity contribution is 0.181. The number of rotatable bonds is 4. The molecule has 4 rings (SSSR count). The normalized spacial score (nSPS) is 22.7. The molecule has 2 unspecified atom stereocenters. The molecular weight excluding hydrogens is 370 g/mol. The highest BCUT2D eigenvalue weighted by Gasteiger charge is 2.36. The third-order valence-electron chi connectivity index (χ3n) is 5.23. The molecule has 10 heteroatoms. The Kier molecular flexibility index (Phi) is 4.65. The summed E-state index contributed by atoms with van der Waals surface area (Å²) in [6.07, 6.45) is 3.83. The molecule has 0 bridgehead atoms. The summed E-state index contributed by atoms with van der Waals surface area (Å²) in [5.41, 5.74) is 2.59. The van der Waals surface area contributed by atoms with Crippen molar-refractivity contribution in [3.05, 3.63) is 39.1 Å². The second-order valence-electron chi connectivity index (χ2n) is 7.20. The van der Waals surface area contributed by atoms with E-state index in [4.69, 9.17) is 4.74 Å². The van der Waals surface area contributed by atoms with E-state index in [9.17, 15) is 13.2 Å². The zero-order valence-electron chi connectivity index (χ0n) is 15.4. The van der Waals surface area contributed by atoms with Crippen LogP contribution in [0, 0.1) is 13.8 Å². The highest BCUT2D eigenvalue weighted by Crippen LogP contribution is 2.24. The first-order valence-electron chi connectivity index (χ1n) is 9.10. The second-order valence-corrected chi connectivity index (χ2v) is 8.85. The molecule has 1 fully saturated rings. The Morgan fingerprint density at radius 3 is 2.78 bits per heavy atom. The fraction of sp³-hybridized carbons (Fsp3) is 0.588. The monoisotopic (exact) mass is 393 g/mol. The third-order valence-corrected chi connectivity index (χ3v) is 6.98. The quantitative estimate of drug-likeness (QED) is 0.775. The van der Waals surface area contributed by atoms with Gasteiger partial charge in [0.1, 0.15) is 4.90 Å². The zero-order chi connectivity index (χ0) is 19.2. The minimum Gasteiger partial charge on any atom is -0.377 e. The van der Waals surface area contributed by atoms with Crippen LogP contribution in [0.15, 0.2) is 15.8 Å². The first-order chi connectivity index (χ1) is 12.9. The van der Waals surface area contributed by atoms with Crippen molar-refractivity contribution in [3.8, 4) is 0 Å². The molecule has 0 saturated carbocycles. The van der Waals surface area contributed by atoms with Crippen molar-refractivity contribution in [1.29, 1.82) is 0 Å². The molecule has 2 N–H and O–H groups in total. The molecule has 1 aliphatic carbocycles. The van der Waals surface area contributed by atoms with Gasteiger partial charge >= 0.3 is 0 Å². The SMILES string of the molecule is Cc1n[nH]c(C)c1S(=O)(=O)NC1COCC1n1nc2c(cc1=O)CCCC2. The van der Waals surface area contributed by atoms with Gasteiger partial charge in [0.25, 0.3) is 5.56 Å². The predicted octanol–water partition coefficient (Wildman–Crippen LogP) is 0.380. The summed E-state index contributed by atoms with van der Waals surface area (Å²) in [6.45, 7) is 3.72. The molecule has 146 valence electrons. The molecule has 9 nitrogen and oxygen atoms in total. The van der Waals surface area contributed by atoms with Crippen molar-refractivity contribution in [2.24, 2.45) is 0 Å². The average Bonchev–Trinajstić information content (AvgIpc) is 3.20. The number of fused-ring (bicyclic) bond motifs is 1. The fourth-order valence-corrected chi connectivity index (χ4v) is 5.53. The van der Waals surface area contributed by atoms with Crippen LogP contribution < -0.4 is 10.3 Å². The van der Waals surface area contributed by atoms with Crippen LogP contribution in [-0.2, 0) is 27.6 Å². The van der Waals surface area contributed by atoms with Crippen molar-refractivity contribution in [2.45, 2.75) is 56.5 Å². The van der Waals surface area contributed by atoms with Crippen LogP contribution in [0.4, 0.5) is 0 Å². The standard InChI is InChI=1S/C17H23N5O4S/c1-10-17(11(2)19-18-10)27(24,25)21-14-8-26-9-15(14)22-16(23)7-12-5-3-4-6-13(12)20-22/h7,14-15,21H,3-6,8-9H2,1-2H3,(H,18,19). The number of sulfonamides is 1. The summed E-state index contributed by atoms with van der Waals surface area (Å²) in [7, 11) is -3.80. The average molecular weight is 393 g/mol. The summed E-state index contributed by atoms with van der Waals surface area (Å²) in [6, 6.07) is 0.581. The number of aromatic nitrogens is 4. The van der Waals surface area contributed by atoms with Crippen molar-refractivity contribution >= 4 is 10.0 Å². The Hall–Kier alpha value is -2.04. The number of aryl methyl sites for hydroxylation is 4.